The maximum atomic E-state index is 13.5. The van der Waals surface area contributed by atoms with Gasteiger partial charge >= 0.3 is 0 Å². The van der Waals surface area contributed by atoms with Crippen molar-refractivity contribution < 1.29 is 24.2 Å². The third-order valence-corrected chi connectivity index (χ3v) is 6.55. The van der Waals surface area contributed by atoms with Gasteiger partial charge in [-0.2, -0.15) is 0 Å². The Morgan fingerprint density at radius 3 is 2.54 bits per heavy atom. The number of nitrogens with zero attached hydrogens (tertiary/aromatic N) is 1. The average molecular weight is 466 g/mol. The van der Waals surface area contributed by atoms with Crippen molar-refractivity contribution in [3.8, 4) is 11.5 Å². The lowest BCUT2D eigenvalue weighted by Crippen LogP contribution is -2.30. The van der Waals surface area contributed by atoms with Gasteiger partial charge in [-0.15, -0.1) is 0 Å². The second kappa shape index (κ2) is 8.06. The fourth-order valence-electron chi connectivity index (χ4n) is 4.88. The summed E-state index contributed by atoms with van der Waals surface area (Å²) in [5.41, 5.74) is 3.46. The molecular weight excluding hydrogens is 444 g/mol. The van der Waals surface area contributed by atoms with E-state index in [0.29, 0.717) is 36.0 Å². The number of fused-ring (bicyclic) bond motifs is 2. The second-order valence-electron chi connectivity index (χ2n) is 8.60. The highest BCUT2D eigenvalue weighted by Gasteiger charge is 2.48. The minimum Gasteiger partial charge on any atom is -0.507 e. The van der Waals surface area contributed by atoms with Crippen LogP contribution >= 0.6 is 0 Å². The molecular formula is C28H22N2O5. The van der Waals surface area contributed by atoms with E-state index in [1.807, 2.05) is 55.5 Å². The Labute approximate surface area is 201 Å². The van der Waals surface area contributed by atoms with E-state index in [1.165, 1.54) is 4.90 Å². The molecule has 174 valence electrons. The molecule has 3 heterocycles. The first-order valence-electron chi connectivity index (χ1n) is 11.4. The summed E-state index contributed by atoms with van der Waals surface area (Å²) in [5, 5.41) is 12.3. The number of anilines is 1. The van der Waals surface area contributed by atoms with Gasteiger partial charge in [0.05, 0.1) is 11.6 Å². The number of aliphatic hydroxyl groups excluding tert-OH is 1. The van der Waals surface area contributed by atoms with Crippen LogP contribution in [0.5, 0.6) is 11.5 Å². The van der Waals surface area contributed by atoms with Crippen molar-refractivity contribution in [1.29, 1.82) is 0 Å². The number of carbonyl (C=O) groups excluding carboxylic acids is 2. The number of aromatic nitrogens is 1. The molecule has 0 spiro atoms. The SMILES string of the molecule is Cc1ccccc1N1C(=O)C(=O)/C(=C(/O)c2ccc3c(c2)OCCO3)C1c1c[nH]c2ccccc12. The molecule has 1 unspecified atom stereocenters. The number of H-pyrrole nitrogens is 1. The largest absolute Gasteiger partial charge is 0.507 e. The van der Waals surface area contributed by atoms with E-state index >= 15 is 0 Å². The molecule has 35 heavy (non-hydrogen) atoms. The maximum absolute atomic E-state index is 13.5. The average Bonchev–Trinajstić information content (AvgIpc) is 3.42. The van der Waals surface area contributed by atoms with Crippen molar-refractivity contribution in [1.82, 2.24) is 4.98 Å². The number of ketones is 1. The van der Waals surface area contributed by atoms with Crippen LogP contribution < -0.4 is 14.4 Å². The zero-order valence-corrected chi connectivity index (χ0v) is 18.9. The first-order chi connectivity index (χ1) is 17.0. The highest BCUT2D eigenvalue weighted by Crippen LogP contribution is 2.45. The normalized spacial score (nSPS) is 18.9. The summed E-state index contributed by atoms with van der Waals surface area (Å²) in [4.78, 5) is 31.6. The van der Waals surface area contributed by atoms with E-state index < -0.39 is 17.7 Å². The molecule has 0 bridgehead atoms. The summed E-state index contributed by atoms with van der Waals surface area (Å²) in [6.45, 7) is 2.73. The zero-order valence-electron chi connectivity index (χ0n) is 18.9. The van der Waals surface area contributed by atoms with Gasteiger partial charge in [0.25, 0.3) is 11.7 Å². The van der Waals surface area contributed by atoms with Crippen LogP contribution in [0.3, 0.4) is 0 Å². The number of hydrogen-bond donors (Lipinski definition) is 2. The second-order valence-corrected chi connectivity index (χ2v) is 8.60. The van der Waals surface area contributed by atoms with Gasteiger partial charge < -0.3 is 19.6 Å². The van der Waals surface area contributed by atoms with Crippen LogP contribution in [0.4, 0.5) is 5.69 Å². The highest BCUT2D eigenvalue weighted by molar-refractivity contribution is 6.52. The fourth-order valence-corrected chi connectivity index (χ4v) is 4.88. The molecule has 4 aromatic rings. The van der Waals surface area contributed by atoms with Crippen molar-refractivity contribution in [3.05, 3.63) is 95.2 Å². The van der Waals surface area contributed by atoms with Crippen LogP contribution in [0.25, 0.3) is 16.7 Å². The molecule has 1 aromatic heterocycles. The van der Waals surface area contributed by atoms with Gasteiger partial charge in [0, 0.05) is 33.9 Å². The predicted octanol–water partition coefficient (Wildman–Crippen LogP) is 4.87. The monoisotopic (exact) mass is 466 g/mol. The molecule has 0 aliphatic carbocycles. The van der Waals surface area contributed by atoms with Crippen LogP contribution in [-0.4, -0.2) is 35.0 Å². The Morgan fingerprint density at radius 1 is 0.971 bits per heavy atom. The summed E-state index contributed by atoms with van der Waals surface area (Å²) >= 11 is 0. The predicted molar refractivity (Wildman–Crippen MR) is 132 cm³/mol. The van der Waals surface area contributed by atoms with Crippen molar-refractivity contribution in [2.45, 2.75) is 13.0 Å². The molecule has 3 aromatic carbocycles. The first kappa shape index (κ1) is 21.0. The van der Waals surface area contributed by atoms with Gasteiger partial charge in [-0.05, 0) is 42.8 Å². The van der Waals surface area contributed by atoms with Crippen LogP contribution in [0.2, 0.25) is 0 Å². The van der Waals surface area contributed by atoms with Gasteiger partial charge in [-0.1, -0.05) is 36.4 Å². The number of Topliss-reactive ketones (excluding diaryl/α,β-unsaturated/α-hetero) is 1. The number of benzene rings is 3. The van der Waals surface area contributed by atoms with E-state index in [1.54, 1.807) is 24.4 Å². The summed E-state index contributed by atoms with van der Waals surface area (Å²) in [7, 11) is 0. The summed E-state index contributed by atoms with van der Waals surface area (Å²) in [5.74, 6) is -0.630. The van der Waals surface area contributed by atoms with Gasteiger partial charge in [-0.25, -0.2) is 0 Å². The van der Waals surface area contributed by atoms with Crippen molar-refractivity contribution in [2.75, 3.05) is 18.1 Å². The molecule has 2 aliphatic rings. The maximum Gasteiger partial charge on any atom is 0.300 e. The lowest BCUT2D eigenvalue weighted by molar-refractivity contribution is -0.132. The van der Waals surface area contributed by atoms with Crippen LogP contribution in [0.1, 0.15) is 22.7 Å². The molecule has 1 amide bonds. The minimum atomic E-state index is -0.819. The molecule has 6 rings (SSSR count). The van der Waals surface area contributed by atoms with E-state index in [9.17, 15) is 14.7 Å². The van der Waals surface area contributed by atoms with Crippen molar-refractivity contribution >= 4 is 34.0 Å². The number of carbonyl (C=O) groups is 2. The fraction of sp³-hybridized carbons (Fsp3) is 0.143. The number of aliphatic hydroxyl groups is 1. The molecule has 0 saturated carbocycles. The quantitative estimate of drug-likeness (QED) is 0.255. The van der Waals surface area contributed by atoms with Crippen molar-refractivity contribution in [3.63, 3.8) is 0 Å². The van der Waals surface area contributed by atoms with E-state index in [-0.39, 0.29) is 11.3 Å². The number of amides is 1. The summed E-state index contributed by atoms with van der Waals surface area (Å²) in [6, 6.07) is 19.3. The molecule has 2 N–H and O–H groups in total. The number of para-hydroxylation sites is 2. The van der Waals surface area contributed by atoms with Crippen LogP contribution in [0, 0.1) is 6.92 Å². The molecule has 0 radical (unpaired) electrons. The first-order valence-corrected chi connectivity index (χ1v) is 11.4. The lowest BCUT2D eigenvalue weighted by Gasteiger charge is -2.26. The van der Waals surface area contributed by atoms with Gasteiger partial charge in [0.15, 0.2) is 11.5 Å². The number of nitrogens with one attached hydrogen (secondary N) is 1. The number of hydrogen-bond acceptors (Lipinski definition) is 5. The van der Waals surface area contributed by atoms with E-state index in [4.69, 9.17) is 9.47 Å². The van der Waals surface area contributed by atoms with Crippen LogP contribution in [0.15, 0.2) is 78.5 Å². The molecule has 1 fully saturated rings. The minimum absolute atomic E-state index is 0.0275. The Kier molecular flexibility index (Phi) is 4.84. The Balaban J connectivity index is 1.59. The van der Waals surface area contributed by atoms with Gasteiger partial charge in [-0.3, -0.25) is 14.5 Å². The molecule has 1 atom stereocenters. The van der Waals surface area contributed by atoms with E-state index in [0.717, 1.165) is 22.0 Å². The third kappa shape index (κ3) is 3.27. The van der Waals surface area contributed by atoms with Gasteiger partial charge in [0.2, 0.25) is 0 Å². The Hall–Kier alpha value is -4.52. The van der Waals surface area contributed by atoms with E-state index in [2.05, 4.69) is 4.98 Å². The number of rotatable bonds is 3. The van der Waals surface area contributed by atoms with Crippen molar-refractivity contribution in [2.24, 2.45) is 0 Å². The number of aromatic amines is 1. The summed E-state index contributed by atoms with van der Waals surface area (Å²) in [6.07, 6.45) is 1.80. The Morgan fingerprint density at radius 2 is 1.71 bits per heavy atom. The number of ether oxygens (including phenoxy) is 2. The lowest BCUT2D eigenvalue weighted by atomic mass is 9.94. The highest BCUT2D eigenvalue weighted by atomic mass is 16.6. The van der Waals surface area contributed by atoms with Crippen LogP contribution in [-0.2, 0) is 9.59 Å². The smallest absolute Gasteiger partial charge is 0.300 e. The standard InChI is InChI=1S/C28H22N2O5/c1-16-6-2-5-9-21(16)30-25(19-15-29-20-8-4-3-7-18(19)20)24(27(32)28(30)33)26(31)17-10-11-22-23(14-17)35-13-12-34-22/h2-11,14-15,25,29,31H,12-13H2,1H3/b26-24+. The summed E-state index contributed by atoms with van der Waals surface area (Å²) < 4.78 is 11.2. The third-order valence-electron chi connectivity index (χ3n) is 6.55. The van der Waals surface area contributed by atoms with Gasteiger partial charge in [0.1, 0.15) is 19.0 Å². The molecule has 1 saturated heterocycles. The number of aryl methyl sites for hydroxylation is 1. The zero-order chi connectivity index (χ0) is 24.1. The molecule has 2 aliphatic heterocycles. The molecule has 7 nitrogen and oxygen atoms in total. The Bertz CT molecular complexity index is 1530. The molecule has 7 heteroatoms. The topological polar surface area (TPSA) is 91.9 Å².